The van der Waals surface area contributed by atoms with Crippen LogP contribution in [0.15, 0.2) is 42.6 Å². The van der Waals surface area contributed by atoms with Crippen LogP contribution in [-0.2, 0) is 4.74 Å². The van der Waals surface area contributed by atoms with E-state index in [-0.39, 0.29) is 17.7 Å². The number of ketones is 1. The molecule has 0 aliphatic carbocycles. The van der Waals surface area contributed by atoms with E-state index in [4.69, 9.17) is 9.72 Å². The molecule has 194 valence electrons. The Bertz CT molecular complexity index is 1290. The molecule has 3 heterocycles. The number of nitrogens with one attached hydrogen (secondary N) is 2. The van der Waals surface area contributed by atoms with Crippen LogP contribution in [0, 0.1) is 6.92 Å². The fraction of sp³-hybridized carbons (Fsp3) is 0.393. The highest BCUT2D eigenvalue weighted by Crippen LogP contribution is 2.33. The average molecular weight is 504 g/mol. The van der Waals surface area contributed by atoms with Crippen molar-refractivity contribution in [1.82, 2.24) is 19.9 Å². The van der Waals surface area contributed by atoms with Crippen molar-refractivity contribution in [3.8, 4) is 11.3 Å². The second-order valence-corrected chi connectivity index (χ2v) is 10.3. The van der Waals surface area contributed by atoms with Crippen LogP contribution in [0.5, 0.6) is 0 Å². The molecule has 2 N–H and O–H groups in total. The Labute approximate surface area is 216 Å². The molecule has 1 saturated heterocycles. The zero-order valence-corrected chi connectivity index (χ0v) is 21.9. The number of Topliss-reactive ketones (excluding diaryl/α,β-unsaturated/α-hetero) is 1. The third kappa shape index (κ3) is 6.22. The summed E-state index contributed by atoms with van der Waals surface area (Å²) < 4.78 is 5.62. The van der Waals surface area contributed by atoms with Crippen LogP contribution in [0.25, 0.3) is 11.3 Å². The summed E-state index contributed by atoms with van der Waals surface area (Å²) in [5.74, 6) is 0.573. The molecule has 0 unspecified atom stereocenters. The molecule has 0 radical (unpaired) electrons. The van der Waals surface area contributed by atoms with Gasteiger partial charge in [-0.1, -0.05) is 18.2 Å². The standard InChI is InChI=1S/C28H33N5O4/c1-17-9-14-22(29-16-17)30-26(35)20-12-10-19(11-13-20)24-23(18(2)34)31-25(32-24)21-8-6-7-15-33(21)27(36)37-28(3,4)5/h9-14,16,21H,6-8,15H2,1-5H3,(H,31,32)(H,29,30,35)/t21-/m0/s1. The Morgan fingerprint density at radius 1 is 1.08 bits per heavy atom. The van der Waals surface area contributed by atoms with Crippen molar-refractivity contribution < 1.29 is 19.1 Å². The number of rotatable bonds is 5. The number of pyridine rings is 1. The molecule has 3 aromatic rings. The number of aryl methyl sites for hydroxylation is 1. The Kier molecular flexibility index (Phi) is 7.42. The lowest BCUT2D eigenvalue weighted by Crippen LogP contribution is -2.42. The highest BCUT2D eigenvalue weighted by Gasteiger charge is 2.34. The van der Waals surface area contributed by atoms with E-state index in [0.717, 1.165) is 24.8 Å². The minimum absolute atomic E-state index is 0.166. The van der Waals surface area contributed by atoms with Crippen LogP contribution in [-0.4, -0.2) is 49.8 Å². The van der Waals surface area contributed by atoms with Gasteiger partial charge in [0.15, 0.2) is 5.78 Å². The lowest BCUT2D eigenvalue weighted by Gasteiger charge is -2.35. The molecule has 9 nitrogen and oxygen atoms in total. The van der Waals surface area contributed by atoms with Crippen LogP contribution in [0.3, 0.4) is 0 Å². The molecule has 0 saturated carbocycles. The maximum absolute atomic E-state index is 12.9. The first-order valence-corrected chi connectivity index (χ1v) is 12.5. The minimum atomic E-state index is -0.610. The van der Waals surface area contributed by atoms with E-state index in [9.17, 15) is 14.4 Å². The highest BCUT2D eigenvalue weighted by molar-refractivity contribution is 6.04. The largest absolute Gasteiger partial charge is 0.444 e. The molecule has 4 rings (SSSR count). The van der Waals surface area contributed by atoms with E-state index < -0.39 is 11.7 Å². The van der Waals surface area contributed by atoms with Gasteiger partial charge in [0, 0.05) is 30.8 Å². The Morgan fingerprint density at radius 2 is 1.81 bits per heavy atom. The smallest absolute Gasteiger partial charge is 0.410 e. The summed E-state index contributed by atoms with van der Waals surface area (Å²) in [7, 11) is 0. The number of likely N-dealkylation sites (tertiary alicyclic amines) is 1. The molecule has 1 fully saturated rings. The third-order valence-electron chi connectivity index (χ3n) is 6.09. The molecule has 9 heteroatoms. The predicted molar refractivity (Wildman–Crippen MR) is 140 cm³/mol. The zero-order chi connectivity index (χ0) is 26.7. The summed E-state index contributed by atoms with van der Waals surface area (Å²) in [6.07, 6.45) is 3.83. The number of imidazole rings is 1. The van der Waals surface area contributed by atoms with Gasteiger partial charge in [0.25, 0.3) is 5.91 Å². The van der Waals surface area contributed by atoms with Gasteiger partial charge in [-0.2, -0.15) is 0 Å². The summed E-state index contributed by atoms with van der Waals surface area (Å²) in [5, 5.41) is 2.78. The van der Waals surface area contributed by atoms with Gasteiger partial charge >= 0.3 is 6.09 Å². The minimum Gasteiger partial charge on any atom is -0.444 e. The molecule has 2 aromatic heterocycles. The fourth-order valence-corrected chi connectivity index (χ4v) is 4.28. The van der Waals surface area contributed by atoms with E-state index in [0.29, 0.717) is 40.7 Å². The summed E-state index contributed by atoms with van der Waals surface area (Å²) in [4.78, 5) is 51.9. The maximum Gasteiger partial charge on any atom is 0.410 e. The van der Waals surface area contributed by atoms with Crippen LogP contribution in [0.2, 0.25) is 0 Å². The zero-order valence-electron chi connectivity index (χ0n) is 21.9. The number of nitrogens with zero attached hydrogens (tertiary/aromatic N) is 3. The number of benzene rings is 1. The fourth-order valence-electron chi connectivity index (χ4n) is 4.28. The van der Waals surface area contributed by atoms with Crippen molar-refractivity contribution in [2.45, 2.75) is 65.5 Å². The first kappa shape index (κ1) is 26.1. The van der Waals surface area contributed by atoms with Crippen molar-refractivity contribution in [1.29, 1.82) is 0 Å². The van der Waals surface area contributed by atoms with E-state index in [2.05, 4.69) is 15.3 Å². The van der Waals surface area contributed by atoms with Gasteiger partial charge in [0.2, 0.25) is 0 Å². The number of H-pyrrole nitrogens is 1. The van der Waals surface area contributed by atoms with Crippen LogP contribution >= 0.6 is 0 Å². The number of aromatic nitrogens is 3. The summed E-state index contributed by atoms with van der Waals surface area (Å²) in [6, 6.07) is 10.2. The number of amides is 2. The average Bonchev–Trinajstić information content (AvgIpc) is 3.30. The number of hydrogen-bond acceptors (Lipinski definition) is 6. The third-order valence-corrected chi connectivity index (χ3v) is 6.09. The number of piperidine rings is 1. The predicted octanol–water partition coefficient (Wildman–Crippen LogP) is 5.70. The van der Waals surface area contributed by atoms with Gasteiger partial charge in [-0.3, -0.25) is 14.5 Å². The molecule has 1 aliphatic heterocycles. The molecular weight excluding hydrogens is 470 g/mol. The van der Waals surface area contributed by atoms with Crippen LogP contribution in [0.1, 0.15) is 85.2 Å². The normalized spacial score (nSPS) is 15.8. The van der Waals surface area contributed by atoms with Crippen LogP contribution in [0.4, 0.5) is 10.6 Å². The molecule has 37 heavy (non-hydrogen) atoms. The van der Waals surface area contributed by atoms with Crippen molar-refractivity contribution in [2.24, 2.45) is 0 Å². The number of aromatic amines is 1. The van der Waals surface area contributed by atoms with E-state index in [1.807, 2.05) is 33.8 Å². The number of ether oxygens (including phenoxy) is 1. The number of anilines is 1. The van der Waals surface area contributed by atoms with Crippen molar-refractivity contribution in [3.63, 3.8) is 0 Å². The molecule has 0 bridgehead atoms. The Morgan fingerprint density at radius 3 is 2.43 bits per heavy atom. The van der Waals surface area contributed by atoms with Gasteiger partial charge in [0.1, 0.15) is 22.9 Å². The summed E-state index contributed by atoms with van der Waals surface area (Å²) in [5.41, 5.74) is 2.40. The summed E-state index contributed by atoms with van der Waals surface area (Å²) in [6.45, 7) is 9.47. The topological polar surface area (TPSA) is 117 Å². The first-order chi connectivity index (χ1) is 17.5. The van der Waals surface area contributed by atoms with Crippen molar-refractivity contribution >= 4 is 23.6 Å². The number of carbonyl (C=O) groups excluding carboxylic acids is 3. The van der Waals surface area contributed by atoms with Crippen LogP contribution < -0.4 is 5.32 Å². The van der Waals surface area contributed by atoms with Gasteiger partial charge < -0.3 is 15.0 Å². The van der Waals surface area contributed by atoms with Crippen molar-refractivity contribution in [3.05, 3.63) is 65.2 Å². The van der Waals surface area contributed by atoms with Gasteiger partial charge in [-0.25, -0.2) is 14.8 Å². The lowest BCUT2D eigenvalue weighted by molar-refractivity contribution is 0.00853. The van der Waals surface area contributed by atoms with Gasteiger partial charge in [-0.15, -0.1) is 0 Å². The Balaban J connectivity index is 1.58. The Hall–Kier alpha value is -4.01. The highest BCUT2D eigenvalue weighted by atomic mass is 16.6. The van der Waals surface area contributed by atoms with Gasteiger partial charge in [-0.05, 0) is 70.7 Å². The molecule has 2 amide bonds. The second kappa shape index (κ2) is 10.5. The molecule has 1 atom stereocenters. The number of hydrogen-bond donors (Lipinski definition) is 2. The van der Waals surface area contributed by atoms with E-state index in [1.54, 1.807) is 41.4 Å². The SMILES string of the molecule is CC(=O)c1[nH]c([C@@H]2CCCCN2C(=O)OC(C)(C)C)nc1-c1ccc(C(=O)Nc2ccc(C)cn2)cc1. The molecule has 0 spiro atoms. The number of carbonyl (C=O) groups is 3. The molecular formula is C28H33N5O4. The van der Waals surface area contributed by atoms with Gasteiger partial charge in [0.05, 0.1) is 11.7 Å². The second-order valence-electron chi connectivity index (χ2n) is 10.3. The monoisotopic (exact) mass is 503 g/mol. The van der Waals surface area contributed by atoms with E-state index >= 15 is 0 Å². The van der Waals surface area contributed by atoms with E-state index in [1.165, 1.54) is 6.92 Å². The molecule has 1 aliphatic rings. The first-order valence-electron chi connectivity index (χ1n) is 12.5. The summed E-state index contributed by atoms with van der Waals surface area (Å²) >= 11 is 0. The van der Waals surface area contributed by atoms with Crippen molar-refractivity contribution in [2.75, 3.05) is 11.9 Å². The quantitative estimate of drug-likeness (QED) is 0.432. The maximum atomic E-state index is 12.9. The lowest BCUT2D eigenvalue weighted by atomic mass is 10.0. The molecule has 1 aromatic carbocycles.